The molecule has 3 nitrogen and oxygen atoms in total. The summed E-state index contributed by atoms with van der Waals surface area (Å²) in [5, 5.41) is 13.0. The van der Waals surface area contributed by atoms with Crippen LogP contribution in [0.15, 0.2) is 16.8 Å². The Kier molecular flexibility index (Phi) is 3.96. The highest BCUT2D eigenvalue weighted by Crippen LogP contribution is 2.27. The molecule has 0 atom stereocenters. The van der Waals surface area contributed by atoms with Gasteiger partial charge in [-0.1, -0.05) is 0 Å². The van der Waals surface area contributed by atoms with Crippen molar-refractivity contribution >= 4 is 17.3 Å². The first-order valence-corrected chi connectivity index (χ1v) is 6.67. The fourth-order valence-electron chi connectivity index (χ4n) is 1.86. The summed E-state index contributed by atoms with van der Waals surface area (Å²) in [6, 6.07) is 2.80. The van der Waals surface area contributed by atoms with Crippen molar-refractivity contribution < 1.29 is 9.90 Å². The molecule has 0 aromatic carbocycles. The lowest BCUT2D eigenvalue weighted by Gasteiger charge is -2.20. The fraction of sp³-hybridized carbons (Fsp3) is 0.583. The minimum Gasteiger partial charge on any atom is -0.481 e. The highest BCUT2D eigenvalue weighted by atomic mass is 32.1. The van der Waals surface area contributed by atoms with E-state index in [0.29, 0.717) is 12.6 Å². The van der Waals surface area contributed by atoms with Crippen LogP contribution in [0.4, 0.5) is 0 Å². The van der Waals surface area contributed by atoms with E-state index in [0.717, 1.165) is 13.0 Å². The van der Waals surface area contributed by atoms with Gasteiger partial charge in [0, 0.05) is 19.1 Å². The Morgan fingerprint density at radius 1 is 1.50 bits per heavy atom. The van der Waals surface area contributed by atoms with Crippen LogP contribution in [-0.2, 0) is 11.2 Å². The van der Waals surface area contributed by atoms with Crippen molar-refractivity contribution in [3.63, 3.8) is 0 Å². The van der Waals surface area contributed by atoms with Gasteiger partial charge in [-0.2, -0.15) is 11.3 Å². The van der Waals surface area contributed by atoms with Gasteiger partial charge in [0.1, 0.15) is 0 Å². The molecule has 1 N–H and O–H groups in total. The molecule has 1 heterocycles. The third-order valence-corrected chi connectivity index (χ3v) is 3.68. The molecule has 0 radical (unpaired) electrons. The number of aliphatic carboxylic acids is 1. The van der Waals surface area contributed by atoms with Crippen molar-refractivity contribution in [2.45, 2.75) is 31.7 Å². The summed E-state index contributed by atoms with van der Waals surface area (Å²) in [5.74, 6) is -0.693. The smallest absolute Gasteiger partial charge is 0.304 e. The number of carboxylic acid groups (broad SMARTS) is 1. The Hall–Kier alpha value is -0.870. The lowest BCUT2D eigenvalue weighted by Crippen LogP contribution is -2.30. The maximum Gasteiger partial charge on any atom is 0.304 e. The zero-order valence-electron chi connectivity index (χ0n) is 9.26. The van der Waals surface area contributed by atoms with Crippen LogP contribution in [0.1, 0.15) is 24.8 Å². The second-order valence-corrected chi connectivity index (χ2v) is 5.07. The zero-order chi connectivity index (χ0) is 11.4. The molecular formula is C12H17NO2S. The average Bonchev–Trinajstić information content (AvgIpc) is 2.95. The summed E-state index contributed by atoms with van der Waals surface area (Å²) >= 11 is 1.72. The van der Waals surface area contributed by atoms with E-state index in [-0.39, 0.29) is 6.42 Å². The van der Waals surface area contributed by atoms with Gasteiger partial charge >= 0.3 is 5.97 Å². The van der Waals surface area contributed by atoms with Crippen LogP contribution in [0, 0.1) is 0 Å². The van der Waals surface area contributed by atoms with Gasteiger partial charge in [-0.15, -0.1) is 0 Å². The van der Waals surface area contributed by atoms with E-state index in [2.05, 4.69) is 21.7 Å². The molecule has 0 bridgehead atoms. The summed E-state index contributed by atoms with van der Waals surface area (Å²) < 4.78 is 0. The van der Waals surface area contributed by atoms with Gasteiger partial charge in [-0.3, -0.25) is 9.69 Å². The Balaban J connectivity index is 1.76. The SMILES string of the molecule is O=C(O)CCN(CCc1ccsc1)C1CC1. The van der Waals surface area contributed by atoms with Gasteiger partial charge < -0.3 is 5.11 Å². The molecule has 0 unspecified atom stereocenters. The van der Waals surface area contributed by atoms with Crippen LogP contribution < -0.4 is 0 Å². The predicted octanol–water partition coefficient (Wildman–Crippen LogP) is 2.23. The Labute approximate surface area is 99.7 Å². The van der Waals surface area contributed by atoms with E-state index in [1.165, 1.54) is 18.4 Å². The molecular weight excluding hydrogens is 222 g/mol. The van der Waals surface area contributed by atoms with E-state index in [1.807, 2.05) is 0 Å². The molecule has 0 amide bonds. The molecule has 1 aliphatic rings. The maximum atomic E-state index is 10.6. The van der Waals surface area contributed by atoms with Gasteiger partial charge in [0.25, 0.3) is 0 Å². The fourth-order valence-corrected chi connectivity index (χ4v) is 2.57. The molecule has 0 saturated heterocycles. The monoisotopic (exact) mass is 239 g/mol. The third-order valence-electron chi connectivity index (χ3n) is 2.94. The average molecular weight is 239 g/mol. The Bertz CT molecular complexity index is 333. The number of hydrogen-bond acceptors (Lipinski definition) is 3. The van der Waals surface area contributed by atoms with E-state index < -0.39 is 5.97 Å². The van der Waals surface area contributed by atoms with Crippen LogP contribution in [-0.4, -0.2) is 35.1 Å². The summed E-state index contributed by atoms with van der Waals surface area (Å²) in [4.78, 5) is 12.9. The molecule has 1 fully saturated rings. The molecule has 0 spiro atoms. The minimum absolute atomic E-state index is 0.264. The van der Waals surface area contributed by atoms with Gasteiger partial charge in [0.15, 0.2) is 0 Å². The second-order valence-electron chi connectivity index (χ2n) is 4.29. The Morgan fingerprint density at radius 3 is 2.88 bits per heavy atom. The topological polar surface area (TPSA) is 40.5 Å². The predicted molar refractivity (Wildman–Crippen MR) is 64.9 cm³/mol. The molecule has 1 saturated carbocycles. The lowest BCUT2D eigenvalue weighted by atomic mass is 10.2. The molecule has 4 heteroatoms. The van der Waals surface area contributed by atoms with Crippen molar-refractivity contribution in [2.24, 2.45) is 0 Å². The summed E-state index contributed by atoms with van der Waals surface area (Å²) in [6.07, 6.45) is 3.78. The first-order chi connectivity index (χ1) is 7.75. The standard InChI is InChI=1S/C12H17NO2S/c14-12(15)4-7-13(11-1-2-11)6-3-10-5-8-16-9-10/h5,8-9,11H,1-4,6-7H2,(H,14,15). The van der Waals surface area contributed by atoms with Crippen LogP contribution >= 0.6 is 11.3 Å². The van der Waals surface area contributed by atoms with Crippen molar-refractivity contribution in [3.8, 4) is 0 Å². The molecule has 2 rings (SSSR count). The van der Waals surface area contributed by atoms with Crippen molar-refractivity contribution in [2.75, 3.05) is 13.1 Å². The van der Waals surface area contributed by atoms with E-state index in [9.17, 15) is 4.79 Å². The lowest BCUT2D eigenvalue weighted by molar-refractivity contribution is -0.137. The van der Waals surface area contributed by atoms with Gasteiger partial charge in [0.2, 0.25) is 0 Å². The molecule has 1 aromatic rings. The molecule has 88 valence electrons. The maximum absolute atomic E-state index is 10.6. The van der Waals surface area contributed by atoms with Gasteiger partial charge in [-0.05, 0) is 41.7 Å². The van der Waals surface area contributed by atoms with E-state index in [1.54, 1.807) is 11.3 Å². The first-order valence-electron chi connectivity index (χ1n) is 5.72. The highest BCUT2D eigenvalue weighted by molar-refractivity contribution is 7.07. The summed E-state index contributed by atoms with van der Waals surface area (Å²) in [7, 11) is 0. The molecule has 1 aromatic heterocycles. The zero-order valence-corrected chi connectivity index (χ0v) is 10.1. The third kappa shape index (κ3) is 3.61. The summed E-state index contributed by atoms with van der Waals surface area (Å²) in [6.45, 7) is 1.69. The van der Waals surface area contributed by atoms with Crippen molar-refractivity contribution in [3.05, 3.63) is 22.4 Å². The number of hydrogen-bond donors (Lipinski definition) is 1. The van der Waals surface area contributed by atoms with Gasteiger partial charge in [0.05, 0.1) is 6.42 Å². The van der Waals surface area contributed by atoms with E-state index >= 15 is 0 Å². The number of carboxylic acids is 1. The first kappa shape index (κ1) is 11.6. The minimum atomic E-state index is -0.693. The number of rotatable bonds is 7. The number of thiophene rings is 1. The largest absolute Gasteiger partial charge is 0.481 e. The number of carbonyl (C=O) groups is 1. The van der Waals surface area contributed by atoms with Crippen molar-refractivity contribution in [1.29, 1.82) is 0 Å². The van der Waals surface area contributed by atoms with Crippen LogP contribution in [0.2, 0.25) is 0 Å². The summed E-state index contributed by atoms with van der Waals surface area (Å²) in [5.41, 5.74) is 1.37. The second kappa shape index (κ2) is 5.46. The molecule has 1 aliphatic carbocycles. The van der Waals surface area contributed by atoms with Crippen molar-refractivity contribution in [1.82, 2.24) is 4.90 Å². The van der Waals surface area contributed by atoms with Crippen LogP contribution in [0.5, 0.6) is 0 Å². The van der Waals surface area contributed by atoms with Crippen LogP contribution in [0.25, 0.3) is 0 Å². The van der Waals surface area contributed by atoms with E-state index in [4.69, 9.17) is 5.11 Å². The Morgan fingerprint density at radius 2 is 2.31 bits per heavy atom. The normalized spacial score (nSPS) is 15.6. The molecule has 0 aliphatic heterocycles. The van der Waals surface area contributed by atoms with Gasteiger partial charge in [-0.25, -0.2) is 0 Å². The number of nitrogens with zero attached hydrogens (tertiary/aromatic N) is 1. The molecule has 16 heavy (non-hydrogen) atoms. The quantitative estimate of drug-likeness (QED) is 0.793. The van der Waals surface area contributed by atoms with Crippen LogP contribution in [0.3, 0.4) is 0 Å². The highest BCUT2D eigenvalue weighted by Gasteiger charge is 2.28.